The van der Waals surface area contributed by atoms with Crippen LogP contribution in [0, 0.1) is 6.61 Å². The second-order valence-corrected chi connectivity index (χ2v) is 4.38. The zero-order valence-electron chi connectivity index (χ0n) is 8.53. The Bertz CT molecular complexity index is 203. The molecule has 1 radical (unpaired) electrons. The van der Waals surface area contributed by atoms with E-state index in [4.69, 9.17) is 14.2 Å². The Balaban J connectivity index is 0.000000845. The first-order valence-corrected chi connectivity index (χ1v) is 4.27. The zero-order valence-corrected chi connectivity index (χ0v) is 11.4. The summed E-state index contributed by atoms with van der Waals surface area (Å²) in [6.07, 6.45) is 0.0301. The molecule has 2 saturated heterocycles. The molecule has 2 aliphatic heterocycles. The summed E-state index contributed by atoms with van der Waals surface area (Å²) in [6.45, 7) is 9.61. The molecule has 2 aliphatic rings. The molecule has 2 fully saturated rings. The van der Waals surface area contributed by atoms with E-state index < -0.39 is 5.79 Å². The predicted molar refractivity (Wildman–Crippen MR) is 43.3 cm³/mol. The maximum absolute atomic E-state index is 5.71. The van der Waals surface area contributed by atoms with Gasteiger partial charge in [0.05, 0.1) is 11.7 Å². The van der Waals surface area contributed by atoms with Crippen molar-refractivity contribution in [1.29, 1.82) is 0 Å². The monoisotopic (exact) mass is 260 g/mol. The van der Waals surface area contributed by atoms with Crippen molar-refractivity contribution in [2.24, 2.45) is 0 Å². The topological polar surface area (TPSA) is 27.7 Å². The van der Waals surface area contributed by atoms with Crippen molar-refractivity contribution in [2.75, 3.05) is 0 Å². The molecule has 0 amide bonds. The molecule has 2 unspecified atom stereocenters. The molecule has 13 heavy (non-hydrogen) atoms. The first-order chi connectivity index (χ1) is 5.41. The van der Waals surface area contributed by atoms with Crippen molar-refractivity contribution >= 4 is 0 Å². The summed E-state index contributed by atoms with van der Waals surface area (Å²) in [6, 6.07) is 0. The third-order valence-electron chi connectivity index (χ3n) is 2.32. The van der Waals surface area contributed by atoms with Gasteiger partial charge in [-0.3, -0.25) is 0 Å². The van der Waals surface area contributed by atoms with Crippen molar-refractivity contribution in [2.45, 2.75) is 51.3 Å². The molecule has 0 bridgehead atoms. The van der Waals surface area contributed by atoms with Gasteiger partial charge >= 0.3 is 0 Å². The molecular formula is C9H15O3Y-. The number of ether oxygens (including phenoxy) is 3. The Morgan fingerprint density at radius 3 is 2.23 bits per heavy atom. The molecule has 2 atom stereocenters. The van der Waals surface area contributed by atoms with Crippen LogP contribution in [0.2, 0.25) is 0 Å². The fourth-order valence-electron chi connectivity index (χ4n) is 1.74. The fraction of sp³-hybridized carbons (Fsp3) is 0.889. The van der Waals surface area contributed by atoms with Gasteiger partial charge in [-0.15, -0.1) is 0 Å². The molecule has 0 aromatic rings. The van der Waals surface area contributed by atoms with Crippen molar-refractivity contribution in [3.05, 3.63) is 6.61 Å². The minimum Gasteiger partial charge on any atom is -0.543 e. The second-order valence-electron chi connectivity index (χ2n) is 4.38. The first kappa shape index (κ1) is 12.1. The van der Waals surface area contributed by atoms with Crippen LogP contribution < -0.4 is 0 Å². The average Bonchev–Trinajstić information content (AvgIpc) is 2.31. The van der Waals surface area contributed by atoms with Gasteiger partial charge < -0.3 is 14.2 Å². The molecular weight excluding hydrogens is 245 g/mol. The summed E-state index contributed by atoms with van der Waals surface area (Å²) < 4.78 is 16.7. The van der Waals surface area contributed by atoms with Crippen molar-refractivity contribution in [1.82, 2.24) is 0 Å². The summed E-state index contributed by atoms with van der Waals surface area (Å²) in [5.74, 6) is -0.465. The van der Waals surface area contributed by atoms with Crippen LogP contribution in [0.25, 0.3) is 0 Å². The van der Waals surface area contributed by atoms with Gasteiger partial charge in [-0.1, -0.05) is 0 Å². The van der Waals surface area contributed by atoms with Gasteiger partial charge in [0, 0.05) is 32.7 Å². The van der Waals surface area contributed by atoms with Crippen molar-refractivity contribution in [3.8, 4) is 0 Å². The molecule has 0 aliphatic carbocycles. The molecule has 4 heteroatoms. The van der Waals surface area contributed by atoms with Crippen LogP contribution in [0.1, 0.15) is 27.7 Å². The maximum Gasteiger partial charge on any atom is 0.160 e. The molecule has 0 N–H and O–H groups in total. The zero-order chi connectivity index (χ0) is 8.98. The van der Waals surface area contributed by atoms with Crippen LogP contribution in [0.15, 0.2) is 0 Å². The van der Waals surface area contributed by atoms with Crippen LogP contribution in [-0.4, -0.2) is 23.6 Å². The summed E-state index contributed by atoms with van der Waals surface area (Å²) in [5.41, 5.74) is -0.252. The quantitative estimate of drug-likeness (QED) is 0.617. The molecule has 2 rings (SSSR count). The van der Waals surface area contributed by atoms with E-state index >= 15 is 0 Å². The number of hydrogen-bond donors (Lipinski definition) is 0. The Kier molecular flexibility index (Phi) is 3.27. The van der Waals surface area contributed by atoms with Gasteiger partial charge in [0.25, 0.3) is 0 Å². The van der Waals surface area contributed by atoms with Crippen molar-refractivity contribution in [3.63, 3.8) is 0 Å². The molecule has 0 aromatic carbocycles. The Morgan fingerprint density at radius 2 is 1.69 bits per heavy atom. The average molecular weight is 260 g/mol. The van der Waals surface area contributed by atoms with E-state index in [1.165, 1.54) is 0 Å². The van der Waals surface area contributed by atoms with Gasteiger partial charge in [-0.25, -0.2) is 0 Å². The second kappa shape index (κ2) is 3.53. The van der Waals surface area contributed by atoms with Gasteiger partial charge in [-0.05, 0) is 33.8 Å². The summed E-state index contributed by atoms with van der Waals surface area (Å²) in [4.78, 5) is 0. The number of hydrogen-bond acceptors (Lipinski definition) is 3. The Morgan fingerprint density at radius 1 is 1.08 bits per heavy atom. The van der Waals surface area contributed by atoms with E-state index in [1.807, 2.05) is 27.7 Å². The predicted octanol–water partition coefficient (Wildman–Crippen LogP) is 1.47. The third kappa shape index (κ3) is 2.15. The molecule has 3 nitrogen and oxygen atoms in total. The van der Waals surface area contributed by atoms with Crippen LogP contribution in [0.5, 0.6) is 0 Å². The normalized spacial score (nSPS) is 39.7. The Hall–Kier alpha value is 0.984. The van der Waals surface area contributed by atoms with Gasteiger partial charge in [0.2, 0.25) is 0 Å². The first-order valence-electron chi connectivity index (χ1n) is 4.27. The van der Waals surface area contributed by atoms with E-state index in [0.717, 1.165) is 0 Å². The van der Waals surface area contributed by atoms with Crippen LogP contribution in [0.3, 0.4) is 0 Å². The minimum absolute atomic E-state index is 0. The minimum atomic E-state index is -0.465. The van der Waals surface area contributed by atoms with Crippen LogP contribution >= 0.6 is 0 Å². The maximum atomic E-state index is 5.71. The molecule has 73 valence electrons. The number of rotatable bonds is 0. The third-order valence-corrected chi connectivity index (χ3v) is 2.32. The van der Waals surface area contributed by atoms with Gasteiger partial charge in [0.1, 0.15) is 0 Å². The van der Waals surface area contributed by atoms with E-state index in [0.29, 0.717) is 0 Å². The summed E-state index contributed by atoms with van der Waals surface area (Å²) in [7, 11) is 0. The van der Waals surface area contributed by atoms with E-state index in [2.05, 4.69) is 0 Å². The summed E-state index contributed by atoms with van der Waals surface area (Å²) >= 11 is 0. The van der Waals surface area contributed by atoms with Crippen LogP contribution in [-0.2, 0) is 46.9 Å². The molecule has 0 saturated carbocycles. The van der Waals surface area contributed by atoms with E-state index in [1.54, 1.807) is 6.61 Å². The SMILES string of the molecule is CC1(C)OC2[CH-]OC(C)(C)C2O1.[Y]. The Labute approximate surface area is 104 Å². The number of fused-ring (bicyclic) bond motifs is 1. The van der Waals surface area contributed by atoms with Crippen molar-refractivity contribution < 1.29 is 46.9 Å². The van der Waals surface area contributed by atoms with Crippen LogP contribution in [0.4, 0.5) is 0 Å². The van der Waals surface area contributed by atoms with E-state index in [-0.39, 0.29) is 50.5 Å². The fourth-order valence-corrected chi connectivity index (χ4v) is 1.74. The largest absolute Gasteiger partial charge is 0.543 e. The molecule has 0 spiro atoms. The van der Waals surface area contributed by atoms with E-state index in [9.17, 15) is 0 Å². The molecule has 2 heterocycles. The van der Waals surface area contributed by atoms with Gasteiger partial charge in [0.15, 0.2) is 5.79 Å². The standard InChI is InChI=1S/C9H15O3.Y/c1-8(2)7-6(5-10-8)11-9(3,4)12-7;/h5-7H,1-4H3;/q-1;. The van der Waals surface area contributed by atoms with Gasteiger partial charge in [-0.2, -0.15) is 6.61 Å². The smallest absolute Gasteiger partial charge is 0.160 e. The summed E-state index contributed by atoms with van der Waals surface area (Å²) in [5, 5.41) is 0. The molecule has 0 aromatic heterocycles.